The fraction of sp³-hybridized carbons (Fsp3) is 0.185. The molecule has 0 saturated carbocycles. The van der Waals surface area contributed by atoms with Crippen molar-refractivity contribution in [1.29, 1.82) is 0 Å². The number of hydrogen-bond acceptors (Lipinski definition) is 5. The molecule has 7 heteroatoms. The maximum Gasteiger partial charge on any atom is 0.257 e. The van der Waals surface area contributed by atoms with Crippen molar-refractivity contribution in [3.63, 3.8) is 0 Å². The minimum Gasteiger partial charge on any atom is -0.311 e. The van der Waals surface area contributed by atoms with Crippen LogP contribution in [0.25, 0.3) is 11.1 Å². The van der Waals surface area contributed by atoms with Crippen LogP contribution in [-0.4, -0.2) is 28.6 Å². The van der Waals surface area contributed by atoms with Crippen molar-refractivity contribution in [2.45, 2.75) is 25.7 Å². The summed E-state index contributed by atoms with van der Waals surface area (Å²) in [6.45, 7) is 2.66. The summed E-state index contributed by atoms with van der Waals surface area (Å²) in [5.74, 6) is -0.181. The van der Waals surface area contributed by atoms with Crippen LogP contribution < -0.4 is 10.2 Å². The highest BCUT2D eigenvalue weighted by molar-refractivity contribution is 7.15. The minimum atomic E-state index is -0.233. The van der Waals surface area contributed by atoms with Gasteiger partial charge in [-0.25, -0.2) is 0 Å². The van der Waals surface area contributed by atoms with Gasteiger partial charge in [-0.3, -0.25) is 14.9 Å². The first-order valence-electron chi connectivity index (χ1n) is 11.3. The predicted octanol–water partition coefficient (Wildman–Crippen LogP) is 5.54. The largest absolute Gasteiger partial charge is 0.311 e. The van der Waals surface area contributed by atoms with E-state index in [0.717, 1.165) is 33.8 Å². The van der Waals surface area contributed by atoms with Gasteiger partial charge in [-0.05, 0) is 41.3 Å². The molecule has 0 bridgehead atoms. The van der Waals surface area contributed by atoms with Gasteiger partial charge in [-0.15, -0.1) is 10.2 Å². The first-order chi connectivity index (χ1) is 16.6. The number of carbonyl (C=O) groups excluding carboxylic acids is 2. The summed E-state index contributed by atoms with van der Waals surface area (Å²) >= 11 is 1.33. The second-order valence-corrected chi connectivity index (χ2v) is 9.24. The highest BCUT2D eigenvalue weighted by Crippen LogP contribution is 2.35. The Morgan fingerprint density at radius 1 is 0.971 bits per heavy atom. The Kier molecular flexibility index (Phi) is 6.18. The van der Waals surface area contributed by atoms with E-state index in [0.29, 0.717) is 23.7 Å². The number of anilines is 2. The second-order valence-electron chi connectivity index (χ2n) is 8.23. The predicted molar refractivity (Wildman–Crippen MR) is 135 cm³/mol. The highest BCUT2D eigenvalue weighted by atomic mass is 32.1. The number of benzene rings is 3. The number of carbonyl (C=O) groups is 2. The molecule has 0 aliphatic carbocycles. The molecule has 2 heterocycles. The van der Waals surface area contributed by atoms with Crippen molar-refractivity contribution >= 4 is 34.0 Å². The Hall–Kier alpha value is -3.84. The van der Waals surface area contributed by atoms with Gasteiger partial charge in [0.1, 0.15) is 5.01 Å². The summed E-state index contributed by atoms with van der Waals surface area (Å²) in [5.41, 5.74) is 4.82. The normalized spacial score (nSPS) is 15.5. The van der Waals surface area contributed by atoms with Crippen LogP contribution in [0.4, 0.5) is 10.8 Å². The van der Waals surface area contributed by atoms with Crippen LogP contribution >= 0.6 is 11.3 Å². The third-order valence-electron chi connectivity index (χ3n) is 6.05. The molecule has 1 aliphatic heterocycles. The zero-order valence-electron chi connectivity index (χ0n) is 18.8. The average molecular weight is 469 g/mol. The molecule has 3 aromatic carbocycles. The van der Waals surface area contributed by atoms with E-state index in [4.69, 9.17) is 0 Å². The lowest BCUT2D eigenvalue weighted by Crippen LogP contribution is -2.25. The Bertz CT molecular complexity index is 1320. The number of aromatic nitrogens is 2. The summed E-state index contributed by atoms with van der Waals surface area (Å²) in [6.07, 6.45) is 1.26. The molecule has 1 aromatic heterocycles. The summed E-state index contributed by atoms with van der Waals surface area (Å²) in [6, 6.07) is 25.5. The molecular formula is C27H24N4O2S. The topological polar surface area (TPSA) is 75.2 Å². The van der Waals surface area contributed by atoms with E-state index in [1.807, 2.05) is 65.6 Å². The van der Waals surface area contributed by atoms with Crippen LogP contribution in [0, 0.1) is 0 Å². The van der Waals surface area contributed by atoms with Crippen molar-refractivity contribution in [1.82, 2.24) is 10.2 Å². The third-order valence-corrected chi connectivity index (χ3v) is 7.05. The Balaban J connectivity index is 1.25. The van der Waals surface area contributed by atoms with Crippen molar-refractivity contribution < 1.29 is 9.59 Å². The number of para-hydroxylation sites is 1. The van der Waals surface area contributed by atoms with Gasteiger partial charge < -0.3 is 4.90 Å². The molecule has 6 nitrogen and oxygen atoms in total. The molecule has 1 unspecified atom stereocenters. The van der Waals surface area contributed by atoms with Crippen molar-refractivity contribution in [3.05, 3.63) is 95.0 Å². The smallest absolute Gasteiger partial charge is 0.257 e. The third kappa shape index (κ3) is 4.47. The zero-order chi connectivity index (χ0) is 23.5. The monoisotopic (exact) mass is 468 g/mol. The molecule has 0 spiro atoms. The van der Waals surface area contributed by atoms with E-state index in [1.54, 1.807) is 12.1 Å². The van der Waals surface area contributed by atoms with Gasteiger partial charge in [-0.2, -0.15) is 0 Å². The van der Waals surface area contributed by atoms with Gasteiger partial charge in [0.25, 0.3) is 5.91 Å². The molecule has 1 saturated heterocycles. The van der Waals surface area contributed by atoms with Crippen LogP contribution in [0.3, 0.4) is 0 Å². The average Bonchev–Trinajstić information content (AvgIpc) is 3.51. The summed E-state index contributed by atoms with van der Waals surface area (Å²) < 4.78 is 0. The van der Waals surface area contributed by atoms with Crippen LogP contribution in [0.2, 0.25) is 0 Å². The van der Waals surface area contributed by atoms with Crippen molar-refractivity contribution in [2.24, 2.45) is 0 Å². The summed E-state index contributed by atoms with van der Waals surface area (Å²) in [4.78, 5) is 27.3. The lowest BCUT2D eigenvalue weighted by molar-refractivity contribution is -0.117. The number of nitrogens with zero attached hydrogens (tertiary/aromatic N) is 3. The Labute approximate surface area is 202 Å². The first-order valence-corrected chi connectivity index (χ1v) is 12.1. The zero-order valence-corrected chi connectivity index (χ0v) is 19.6. The van der Waals surface area contributed by atoms with E-state index in [-0.39, 0.29) is 17.7 Å². The first kappa shape index (κ1) is 22.0. The fourth-order valence-electron chi connectivity index (χ4n) is 4.24. The van der Waals surface area contributed by atoms with Crippen molar-refractivity contribution in [3.8, 4) is 11.1 Å². The van der Waals surface area contributed by atoms with Crippen LogP contribution in [0.1, 0.15) is 40.2 Å². The van der Waals surface area contributed by atoms with E-state index in [1.165, 1.54) is 11.3 Å². The maximum absolute atomic E-state index is 12.7. The van der Waals surface area contributed by atoms with Crippen LogP contribution in [0.5, 0.6) is 0 Å². The molecule has 2 amide bonds. The van der Waals surface area contributed by atoms with E-state index in [9.17, 15) is 9.59 Å². The van der Waals surface area contributed by atoms with E-state index in [2.05, 4.69) is 28.5 Å². The summed E-state index contributed by atoms with van der Waals surface area (Å²) in [5, 5.41) is 12.5. The Morgan fingerprint density at radius 3 is 2.44 bits per heavy atom. The van der Waals surface area contributed by atoms with Gasteiger partial charge in [0, 0.05) is 30.1 Å². The van der Waals surface area contributed by atoms with Crippen molar-refractivity contribution in [2.75, 3.05) is 16.8 Å². The number of rotatable bonds is 6. The fourth-order valence-corrected chi connectivity index (χ4v) is 5.07. The second kappa shape index (κ2) is 9.57. The SMILES string of the molecule is CCc1ccccc1N1CC(c2nnc(NC(=O)c3ccc(-c4ccccc4)cc3)s2)CC1=O. The molecule has 34 heavy (non-hydrogen) atoms. The number of aryl methyl sites for hydroxylation is 1. The van der Waals surface area contributed by atoms with Gasteiger partial charge in [0.2, 0.25) is 11.0 Å². The Morgan fingerprint density at radius 2 is 1.68 bits per heavy atom. The lowest BCUT2D eigenvalue weighted by atomic mass is 10.0. The highest BCUT2D eigenvalue weighted by Gasteiger charge is 2.34. The molecule has 1 atom stereocenters. The van der Waals surface area contributed by atoms with Crippen LogP contribution in [0.15, 0.2) is 78.9 Å². The molecule has 1 aliphatic rings. The van der Waals surface area contributed by atoms with E-state index < -0.39 is 0 Å². The molecule has 4 aromatic rings. The lowest BCUT2D eigenvalue weighted by Gasteiger charge is -2.19. The number of nitrogens with one attached hydrogen (secondary N) is 1. The molecule has 0 radical (unpaired) electrons. The van der Waals surface area contributed by atoms with Gasteiger partial charge >= 0.3 is 0 Å². The quantitative estimate of drug-likeness (QED) is 0.403. The molecule has 1 N–H and O–H groups in total. The number of hydrogen-bond donors (Lipinski definition) is 1. The van der Waals surface area contributed by atoms with Gasteiger partial charge in [-0.1, -0.05) is 78.9 Å². The molecular weight excluding hydrogens is 444 g/mol. The minimum absolute atomic E-state index is 0.0364. The van der Waals surface area contributed by atoms with Crippen LogP contribution in [-0.2, 0) is 11.2 Å². The van der Waals surface area contributed by atoms with Gasteiger partial charge in [0.05, 0.1) is 0 Å². The van der Waals surface area contributed by atoms with Gasteiger partial charge in [0.15, 0.2) is 0 Å². The molecule has 1 fully saturated rings. The standard InChI is InChI=1S/C27H24N4O2S/c1-2-18-8-6-7-11-23(18)31-17-22(16-24(31)32)26-29-30-27(34-26)28-25(33)21-14-12-20(13-15-21)19-9-4-3-5-10-19/h3-15,22H,2,16-17H2,1H3,(H,28,30,33). The van der Waals surface area contributed by atoms with E-state index >= 15 is 0 Å². The number of amides is 2. The molecule has 170 valence electrons. The summed E-state index contributed by atoms with van der Waals surface area (Å²) in [7, 11) is 0. The maximum atomic E-state index is 12.7. The molecule has 5 rings (SSSR count).